The summed E-state index contributed by atoms with van der Waals surface area (Å²) in [5, 5.41) is 10.1. The van der Waals surface area contributed by atoms with Crippen LogP contribution in [0.3, 0.4) is 0 Å². The van der Waals surface area contributed by atoms with Gasteiger partial charge in [-0.3, -0.25) is 4.79 Å². The summed E-state index contributed by atoms with van der Waals surface area (Å²) in [4.78, 5) is 27.4. The zero-order valence-electron chi connectivity index (χ0n) is 20.2. The van der Waals surface area contributed by atoms with Crippen molar-refractivity contribution in [1.29, 1.82) is 0 Å². The molecule has 6 rings (SSSR count). The van der Waals surface area contributed by atoms with Crippen LogP contribution in [0, 0.1) is 0 Å². The van der Waals surface area contributed by atoms with Gasteiger partial charge in [0.1, 0.15) is 11.4 Å². The van der Waals surface area contributed by atoms with Crippen LogP contribution in [0.15, 0.2) is 30.5 Å². The largest absolute Gasteiger partial charge is 0.368 e. The third-order valence-electron chi connectivity index (χ3n) is 8.00. The Bertz CT molecular complexity index is 1060. The maximum absolute atomic E-state index is 13.0. The van der Waals surface area contributed by atoms with Crippen LogP contribution < -0.4 is 25.8 Å². The number of aromatic nitrogens is 2. The van der Waals surface area contributed by atoms with Crippen LogP contribution in [0.4, 0.5) is 23.1 Å². The average molecular weight is 462 g/mol. The highest BCUT2D eigenvalue weighted by molar-refractivity contribution is 5.94. The summed E-state index contributed by atoms with van der Waals surface area (Å²) in [6.45, 7) is 7.23. The first-order valence-corrected chi connectivity index (χ1v) is 12.8. The molecule has 0 radical (unpaired) electrons. The number of fused-ring (bicyclic) bond motifs is 1. The first-order valence-electron chi connectivity index (χ1n) is 12.8. The van der Waals surface area contributed by atoms with Crippen LogP contribution in [0.1, 0.15) is 51.5 Å². The monoisotopic (exact) mass is 461 g/mol. The summed E-state index contributed by atoms with van der Waals surface area (Å²) in [6, 6.07) is 9.89. The summed E-state index contributed by atoms with van der Waals surface area (Å²) in [5.74, 6) is 1.69. The Balaban J connectivity index is 1.23. The number of carbonyl (C=O) groups excluding carboxylic acids is 1. The van der Waals surface area contributed by atoms with Crippen molar-refractivity contribution in [3.8, 4) is 0 Å². The number of benzene rings is 1. The molecule has 8 heteroatoms. The molecule has 180 valence electrons. The topological polar surface area (TPSA) is 85.4 Å². The van der Waals surface area contributed by atoms with E-state index in [0.29, 0.717) is 30.5 Å². The molecule has 1 aromatic heterocycles. The van der Waals surface area contributed by atoms with Crippen molar-refractivity contribution in [2.75, 3.05) is 34.8 Å². The lowest BCUT2D eigenvalue weighted by Gasteiger charge is -2.38. The lowest BCUT2D eigenvalue weighted by Crippen LogP contribution is -2.56. The molecular formula is C26H35N7O. The molecular weight excluding hydrogens is 426 g/mol. The van der Waals surface area contributed by atoms with Gasteiger partial charge in [0.2, 0.25) is 11.9 Å². The van der Waals surface area contributed by atoms with E-state index in [4.69, 9.17) is 4.98 Å². The van der Waals surface area contributed by atoms with Gasteiger partial charge in [0.15, 0.2) is 0 Å². The second kappa shape index (κ2) is 8.41. The Morgan fingerprint density at radius 2 is 1.82 bits per heavy atom. The Morgan fingerprint density at radius 3 is 2.50 bits per heavy atom. The Hall–Kier alpha value is -2.87. The van der Waals surface area contributed by atoms with E-state index in [2.05, 4.69) is 68.8 Å². The van der Waals surface area contributed by atoms with Crippen LogP contribution in [-0.2, 0) is 11.2 Å². The molecule has 3 unspecified atom stereocenters. The minimum absolute atomic E-state index is 0.152. The Labute approximate surface area is 201 Å². The lowest BCUT2D eigenvalue weighted by atomic mass is 9.91. The fourth-order valence-corrected chi connectivity index (χ4v) is 6.56. The number of anilines is 4. The van der Waals surface area contributed by atoms with Crippen molar-refractivity contribution in [3.05, 3.63) is 36.0 Å². The summed E-state index contributed by atoms with van der Waals surface area (Å²) in [7, 11) is 0. The van der Waals surface area contributed by atoms with Gasteiger partial charge in [-0.05, 0) is 57.4 Å². The zero-order chi connectivity index (χ0) is 23.3. The highest BCUT2D eigenvalue weighted by Crippen LogP contribution is 2.46. The molecule has 0 bridgehead atoms. The molecule has 1 spiro atoms. The number of hydrogen-bond acceptors (Lipinski definition) is 7. The molecule has 8 nitrogen and oxygen atoms in total. The summed E-state index contributed by atoms with van der Waals surface area (Å²) in [5.41, 5.74) is 2.82. The van der Waals surface area contributed by atoms with Gasteiger partial charge < -0.3 is 25.8 Å². The highest BCUT2D eigenvalue weighted by Gasteiger charge is 2.55. The second-order valence-corrected chi connectivity index (χ2v) is 10.6. The molecule has 2 saturated heterocycles. The lowest BCUT2D eigenvalue weighted by molar-refractivity contribution is -0.123. The van der Waals surface area contributed by atoms with E-state index in [0.717, 1.165) is 56.0 Å². The van der Waals surface area contributed by atoms with Gasteiger partial charge in [0, 0.05) is 67.3 Å². The second-order valence-electron chi connectivity index (χ2n) is 10.6. The van der Waals surface area contributed by atoms with Gasteiger partial charge in [0.05, 0.1) is 0 Å². The van der Waals surface area contributed by atoms with Crippen LogP contribution in [0.25, 0.3) is 0 Å². The third kappa shape index (κ3) is 3.68. The average Bonchev–Trinajstić information content (AvgIpc) is 3.53. The number of nitrogens with zero attached hydrogens (tertiary/aromatic N) is 4. The summed E-state index contributed by atoms with van der Waals surface area (Å²) < 4.78 is 0. The molecule has 34 heavy (non-hydrogen) atoms. The van der Waals surface area contributed by atoms with E-state index >= 15 is 0 Å². The maximum atomic E-state index is 13.0. The molecule has 4 aliphatic rings. The molecule has 1 saturated carbocycles. The molecule has 3 aliphatic heterocycles. The predicted octanol–water partition coefficient (Wildman–Crippen LogP) is 2.97. The van der Waals surface area contributed by atoms with Gasteiger partial charge in [-0.25, -0.2) is 4.98 Å². The first kappa shape index (κ1) is 21.6. The van der Waals surface area contributed by atoms with E-state index in [9.17, 15) is 4.79 Å². The molecule has 1 aliphatic carbocycles. The van der Waals surface area contributed by atoms with Crippen LogP contribution in [0.2, 0.25) is 0 Å². The molecule has 3 atom stereocenters. The molecule has 3 N–H and O–H groups in total. The van der Waals surface area contributed by atoms with Gasteiger partial charge in [-0.15, -0.1) is 0 Å². The first-order chi connectivity index (χ1) is 16.5. The fraction of sp³-hybridized carbons (Fsp3) is 0.577. The third-order valence-corrected chi connectivity index (χ3v) is 8.00. The van der Waals surface area contributed by atoms with E-state index in [1.165, 1.54) is 18.5 Å². The van der Waals surface area contributed by atoms with Crippen molar-refractivity contribution in [1.82, 2.24) is 20.6 Å². The van der Waals surface area contributed by atoms with Gasteiger partial charge in [0.25, 0.3) is 0 Å². The quantitative estimate of drug-likeness (QED) is 0.645. The number of piperazine rings is 1. The number of rotatable bonds is 4. The van der Waals surface area contributed by atoms with E-state index in [1.807, 2.05) is 6.20 Å². The van der Waals surface area contributed by atoms with Crippen molar-refractivity contribution in [2.45, 2.75) is 76.0 Å². The summed E-state index contributed by atoms with van der Waals surface area (Å²) >= 11 is 0. The Kier molecular flexibility index (Phi) is 5.36. The van der Waals surface area contributed by atoms with Gasteiger partial charge in [-0.2, -0.15) is 4.98 Å². The minimum atomic E-state index is -0.482. The number of carbonyl (C=O) groups is 1. The normalized spacial score (nSPS) is 29.1. The van der Waals surface area contributed by atoms with Crippen LogP contribution in [-0.4, -0.2) is 59.2 Å². The van der Waals surface area contributed by atoms with Crippen molar-refractivity contribution in [2.24, 2.45) is 0 Å². The van der Waals surface area contributed by atoms with Crippen LogP contribution in [0.5, 0.6) is 0 Å². The minimum Gasteiger partial charge on any atom is -0.368 e. The number of amides is 1. The van der Waals surface area contributed by atoms with E-state index < -0.39 is 5.54 Å². The SMILES string of the molecule is CC1CN(c2ccc(Nc3ncc4c(n3)N(C3CCCC3)C3(CCNC3=O)C4)cc2)CC(C)N1. The van der Waals surface area contributed by atoms with Crippen molar-refractivity contribution < 1.29 is 4.79 Å². The van der Waals surface area contributed by atoms with Crippen molar-refractivity contribution >= 4 is 29.0 Å². The zero-order valence-corrected chi connectivity index (χ0v) is 20.2. The predicted molar refractivity (Wildman–Crippen MR) is 135 cm³/mol. The highest BCUT2D eigenvalue weighted by atomic mass is 16.2. The maximum Gasteiger partial charge on any atom is 0.246 e. The summed E-state index contributed by atoms with van der Waals surface area (Å²) in [6.07, 6.45) is 8.18. The van der Waals surface area contributed by atoms with Crippen LogP contribution >= 0.6 is 0 Å². The fourth-order valence-electron chi connectivity index (χ4n) is 6.56. The van der Waals surface area contributed by atoms with E-state index in [1.54, 1.807) is 0 Å². The number of hydrogen-bond donors (Lipinski definition) is 3. The molecule has 3 fully saturated rings. The number of nitrogens with one attached hydrogen (secondary N) is 3. The molecule has 2 aromatic rings. The smallest absolute Gasteiger partial charge is 0.246 e. The van der Waals surface area contributed by atoms with Crippen molar-refractivity contribution in [3.63, 3.8) is 0 Å². The molecule has 1 aromatic carbocycles. The molecule has 4 heterocycles. The van der Waals surface area contributed by atoms with E-state index in [-0.39, 0.29) is 5.91 Å². The standard InChI is InChI=1S/C26H35N7O/c1-17-15-32(16-18(2)29-17)21-9-7-20(8-10-21)30-25-28-14-19-13-26(11-12-27-24(26)34)33(23(19)31-25)22-5-3-4-6-22/h7-10,14,17-18,22,29H,3-6,11-13,15-16H2,1-2H3,(H,27,34)(H,28,30,31). The molecule has 1 amide bonds. The van der Waals surface area contributed by atoms with Gasteiger partial charge in [-0.1, -0.05) is 12.8 Å². The Morgan fingerprint density at radius 1 is 1.09 bits per heavy atom. The van der Waals surface area contributed by atoms with Gasteiger partial charge >= 0.3 is 0 Å².